The van der Waals surface area contributed by atoms with Crippen LogP contribution in [-0.4, -0.2) is 51.6 Å². The number of amides is 1. The summed E-state index contributed by atoms with van der Waals surface area (Å²) in [4.78, 5) is 20.2. The van der Waals surface area contributed by atoms with Gasteiger partial charge in [-0.05, 0) is 43.9 Å². The number of aryl methyl sites for hydroxylation is 2. The lowest BCUT2D eigenvalue weighted by atomic mass is 10.1. The lowest BCUT2D eigenvalue weighted by molar-refractivity contribution is 0.0734. The first-order valence-corrected chi connectivity index (χ1v) is 11.4. The summed E-state index contributed by atoms with van der Waals surface area (Å²) < 4.78 is 8.56. The fourth-order valence-electron chi connectivity index (χ4n) is 4.56. The Bertz CT molecular complexity index is 1260. The monoisotopic (exact) mass is 444 g/mol. The Kier molecular flexibility index (Phi) is 5.64. The Labute approximate surface area is 193 Å². The first kappa shape index (κ1) is 21.3. The molecule has 1 aromatic carbocycles. The van der Waals surface area contributed by atoms with E-state index in [2.05, 4.69) is 16.4 Å². The minimum absolute atomic E-state index is 0.0491. The molecular weight excluding hydrogens is 416 g/mol. The third-order valence-corrected chi connectivity index (χ3v) is 6.25. The minimum atomic E-state index is -0.105. The van der Waals surface area contributed by atoms with Crippen molar-refractivity contribution in [2.24, 2.45) is 0 Å². The van der Waals surface area contributed by atoms with Crippen LogP contribution in [0, 0.1) is 13.8 Å². The van der Waals surface area contributed by atoms with E-state index >= 15 is 0 Å². The number of aromatic nitrogens is 2. The number of ether oxygens (including phenoxy) is 1. The van der Waals surface area contributed by atoms with Gasteiger partial charge in [0.1, 0.15) is 22.6 Å². The molecule has 2 aliphatic rings. The second-order valence-corrected chi connectivity index (χ2v) is 8.57. The molecule has 170 valence electrons. The number of nitrogens with one attached hydrogen (secondary N) is 1. The number of benzene rings is 1. The van der Waals surface area contributed by atoms with Gasteiger partial charge in [-0.2, -0.15) is 0 Å². The van der Waals surface area contributed by atoms with Crippen LogP contribution >= 0.6 is 0 Å². The molecule has 3 aromatic rings. The van der Waals surface area contributed by atoms with Crippen molar-refractivity contribution >= 4 is 22.6 Å². The van der Waals surface area contributed by atoms with Crippen molar-refractivity contribution in [1.82, 2.24) is 19.8 Å². The highest BCUT2D eigenvalue weighted by Crippen LogP contribution is 2.41. The number of piperazine rings is 1. The van der Waals surface area contributed by atoms with E-state index in [4.69, 9.17) is 4.74 Å². The molecule has 1 fully saturated rings. The van der Waals surface area contributed by atoms with Gasteiger partial charge in [0.05, 0.1) is 11.7 Å². The molecule has 0 saturated carbocycles. The van der Waals surface area contributed by atoms with E-state index < -0.39 is 0 Å². The number of allylic oxidation sites excluding steroid dienone is 4. The Morgan fingerprint density at radius 3 is 2.64 bits per heavy atom. The number of para-hydroxylation sites is 1. The van der Waals surface area contributed by atoms with Crippen LogP contribution in [0.15, 0.2) is 48.7 Å². The molecule has 0 bridgehead atoms. The molecule has 5 rings (SSSR count). The summed E-state index contributed by atoms with van der Waals surface area (Å²) in [6, 6.07) is 7.65. The third kappa shape index (κ3) is 3.89. The van der Waals surface area contributed by atoms with Crippen LogP contribution in [0.4, 0.5) is 0 Å². The van der Waals surface area contributed by atoms with Crippen molar-refractivity contribution in [2.45, 2.75) is 26.7 Å². The molecular formula is C26H28N4O3. The molecule has 2 N–H and O–H groups in total. The molecule has 0 radical (unpaired) electrons. The van der Waals surface area contributed by atoms with E-state index in [1.165, 1.54) is 6.20 Å². The van der Waals surface area contributed by atoms with Crippen molar-refractivity contribution in [1.29, 1.82) is 0 Å². The predicted octanol–water partition coefficient (Wildman–Crippen LogP) is 4.39. The highest BCUT2D eigenvalue weighted by Gasteiger charge is 2.31. The van der Waals surface area contributed by atoms with Crippen LogP contribution in [0.3, 0.4) is 0 Å². The molecule has 3 heterocycles. The molecule has 0 atom stereocenters. The van der Waals surface area contributed by atoms with Crippen molar-refractivity contribution in [2.75, 3.05) is 26.2 Å². The van der Waals surface area contributed by atoms with Crippen molar-refractivity contribution in [3.8, 4) is 17.4 Å². The summed E-state index contributed by atoms with van der Waals surface area (Å²) in [5.74, 6) is 1.12. The second-order valence-electron chi connectivity index (χ2n) is 8.57. The summed E-state index contributed by atoms with van der Waals surface area (Å²) >= 11 is 0. The van der Waals surface area contributed by atoms with Gasteiger partial charge in [0.2, 0.25) is 5.88 Å². The average Bonchev–Trinajstić information content (AvgIpc) is 3.15. The summed E-state index contributed by atoms with van der Waals surface area (Å²) in [5, 5.41) is 13.6. The Balaban J connectivity index is 1.78. The van der Waals surface area contributed by atoms with Gasteiger partial charge in [-0.3, -0.25) is 9.36 Å². The van der Waals surface area contributed by atoms with Crippen LogP contribution in [0.1, 0.15) is 34.3 Å². The van der Waals surface area contributed by atoms with E-state index in [0.29, 0.717) is 35.6 Å². The zero-order valence-corrected chi connectivity index (χ0v) is 19.0. The first-order chi connectivity index (χ1) is 16.0. The molecule has 0 unspecified atom stereocenters. The molecule has 33 heavy (non-hydrogen) atoms. The standard InChI is InChI=1S/C26H28N4O3/c1-17-7-6-8-18(2)24(17)33-26-22(25(32)29-13-11-27-12-14-29)23-21(15-20(31)16-28-23)30(26)19-9-4-3-5-10-19/h3-4,6-9,15-16,27,31H,5,10-14H2,1-2H3. The molecule has 1 amide bonds. The van der Waals surface area contributed by atoms with Gasteiger partial charge in [0.15, 0.2) is 0 Å². The average molecular weight is 445 g/mol. The lowest BCUT2D eigenvalue weighted by Crippen LogP contribution is -2.46. The van der Waals surface area contributed by atoms with Crippen molar-refractivity contribution < 1.29 is 14.6 Å². The van der Waals surface area contributed by atoms with Crippen LogP contribution in [0.25, 0.3) is 16.7 Å². The number of pyridine rings is 1. The number of hydrogen-bond acceptors (Lipinski definition) is 5. The Hall–Kier alpha value is -3.58. The molecule has 2 aromatic heterocycles. The van der Waals surface area contributed by atoms with E-state index in [0.717, 1.165) is 48.5 Å². The molecule has 7 heteroatoms. The maximum Gasteiger partial charge on any atom is 0.261 e. The van der Waals surface area contributed by atoms with E-state index in [1.807, 2.05) is 53.7 Å². The zero-order chi connectivity index (χ0) is 22.9. The van der Waals surface area contributed by atoms with Crippen LogP contribution in [0.2, 0.25) is 0 Å². The van der Waals surface area contributed by atoms with Gasteiger partial charge in [-0.25, -0.2) is 4.98 Å². The van der Waals surface area contributed by atoms with Crippen molar-refractivity contribution in [3.05, 3.63) is 65.4 Å². The molecule has 0 spiro atoms. The summed E-state index contributed by atoms with van der Waals surface area (Å²) in [6.45, 7) is 6.75. The Morgan fingerprint density at radius 2 is 1.94 bits per heavy atom. The number of fused-ring (bicyclic) bond motifs is 1. The largest absolute Gasteiger partial charge is 0.506 e. The highest BCUT2D eigenvalue weighted by atomic mass is 16.5. The van der Waals surface area contributed by atoms with E-state index in [9.17, 15) is 9.90 Å². The summed E-state index contributed by atoms with van der Waals surface area (Å²) in [6.07, 6.45) is 9.23. The van der Waals surface area contributed by atoms with Gasteiger partial charge in [0.25, 0.3) is 5.91 Å². The SMILES string of the molecule is Cc1cccc(C)c1Oc1c(C(=O)N2CCNCC2)c2ncc(O)cc2n1C1=CC=CCC1. The van der Waals surface area contributed by atoms with Gasteiger partial charge < -0.3 is 20.1 Å². The molecule has 1 aliphatic carbocycles. The topological polar surface area (TPSA) is 79.6 Å². The second kappa shape index (κ2) is 8.75. The molecule has 1 aliphatic heterocycles. The van der Waals surface area contributed by atoms with E-state index in [1.54, 1.807) is 6.07 Å². The van der Waals surface area contributed by atoms with Gasteiger partial charge in [0, 0.05) is 37.9 Å². The fraction of sp³-hybridized carbons (Fsp3) is 0.308. The summed E-state index contributed by atoms with van der Waals surface area (Å²) in [7, 11) is 0. The van der Waals surface area contributed by atoms with Gasteiger partial charge in [-0.15, -0.1) is 0 Å². The number of aromatic hydroxyl groups is 1. The molecule has 7 nitrogen and oxygen atoms in total. The van der Waals surface area contributed by atoms with E-state index in [-0.39, 0.29) is 11.7 Å². The van der Waals surface area contributed by atoms with Crippen molar-refractivity contribution in [3.63, 3.8) is 0 Å². The quantitative estimate of drug-likeness (QED) is 0.624. The highest BCUT2D eigenvalue weighted by molar-refractivity contribution is 6.09. The number of nitrogens with zero attached hydrogens (tertiary/aromatic N) is 3. The number of rotatable bonds is 4. The van der Waals surface area contributed by atoms with Gasteiger partial charge >= 0.3 is 0 Å². The fourth-order valence-corrected chi connectivity index (χ4v) is 4.56. The normalized spacial score (nSPS) is 16.2. The zero-order valence-electron chi connectivity index (χ0n) is 19.0. The van der Waals surface area contributed by atoms with Gasteiger partial charge in [-0.1, -0.05) is 30.4 Å². The third-order valence-electron chi connectivity index (χ3n) is 6.25. The first-order valence-electron chi connectivity index (χ1n) is 11.4. The minimum Gasteiger partial charge on any atom is -0.506 e. The van der Waals surface area contributed by atoms with Crippen LogP contribution in [0.5, 0.6) is 17.4 Å². The predicted molar refractivity (Wildman–Crippen MR) is 129 cm³/mol. The smallest absolute Gasteiger partial charge is 0.261 e. The maximum atomic E-state index is 13.8. The Morgan fingerprint density at radius 1 is 1.18 bits per heavy atom. The van der Waals surface area contributed by atoms with Crippen LogP contribution < -0.4 is 10.1 Å². The number of carbonyl (C=O) groups is 1. The lowest BCUT2D eigenvalue weighted by Gasteiger charge is -2.27. The number of hydrogen-bond donors (Lipinski definition) is 2. The molecule has 1 saturated heterocycles. The van der Waals surface area contributed by atoms with Crippen LogP contribution in [-0.2, 0) is 0 Å². The number of carbonyl (C=O) groups excluding carboxylic acids is 1. The summed E-state index contributed by atoms with van der Waals surface area (Å²) in [5.41, 5.74) is 4.60. The maximum absolute atomic E-state index is 13.8.